The topological polar surface area (TPSA) is 46.3 Å². The van der Waals surface area contributed by atoms with Crippen molar-refractivity contribution in [1.82, 2.24) is 4.90 Å². The monoisotopic (exact) mass is 276 g/mol. The summed E-state index contributed by atoms with van der Waals surface area (Å²) < 4.78 is 0. The van der Waals surface area contributed by atoms with Crippen LogP contribution in [0.2, 0.25) is 0 Å². The van der Waals surface area contributed by atoms with Gasteiger partial charge in [0, 0.05) is 24.5 Å². The number of nitrogens with two attached hydrogens (primary N) is 1. The van der Waals surface area contributed by atoms with Crippen molar-refractivity contribution in [2.45, 2.75) is 23.9 Å². The molecule has 0 saturated carbocycles. The van der Waals surface area contributed by atoms with Crippen molar-refractivity contribution in [2.24, 2.45) is 11.7 Å². The summed E-state index contributed by atoms with van der Waals surface area (Å²) in [6.45, 7) is 0.646. The fraction of sp³-hybridized carbons (Fsp3) is 0.400. The Morgan fingerprint density at radius 3 is 2.58 bits per heavy atom. The molecule has 0 aromatic heterocycles. The third-order valence-electron chi connectivity index (χ3n) is 3.39. The number of amides is 1. The smallest absolute Gasteiger partial charge is 0.229 e. The van der Waals surface area contributed by atoms with Crippen LogP contribution in [0.25, 0.3) is 0 Å². The maximum Gasteiger partial charge on any atom is 0.229 e. The molecule has 3 nitrogen and oxygen atoms in total. The fourth-order valence-electron chi connectivity index (χ4n) is 2.28. The molecule has 1 aliphatic rings. The fourth-order valence-corrected chi connectivity index (χ4v) is 2.68. The zero-order valence-corrected chi connectivity index (χ0v) is 12.2. The average molecular weight is 276 g/mol. The van der Waals surface area contributed by atoms with Crippen molar-refractivity contribution >= 4 is 17.7 Å². The molecule has 4 heteroatoms. The minimum absolute atomic E-state index is 0.0308. The van der Waals surface area contributed by atoms with E-state index in [1.165, 1.54) is 4.90 Å². The second-order valence-electron chi connectivity index (χ2n) is 4.93. The molecule has 0 aliphatic heterocycles. The molecule has 1 aromatic carbocycles. The number of hydrogen-bond donors (Lipinski definition) is 1. The lowest BCUT2D eigenvalue weighted by Gasteiger charge is -2.21. The molecule has 0 bridgehead atoms. The van der Waals surface area contributed by atoms with Gasteiger partial charge in [-0.25, -0.2) is 0 Å². The summed E-state index contributed by atoms with van der Waals surface area (Å²) in [5, 5.41) is 0. The number of carbonyl (C=O) groups is 1. The summed E-state index contributed by atoms with van der Waals surface area (Å²) in [5.74, 6) is 0.101. The maximum absolute atomic E-state index is 12.2. The van der Waals surface area contributed by atoms with Gasteiger partial charge in [0.25, 0.3) is 0 Å². The largest absolute Gasteiger partial charge is 0.341 e. The molecule has 0 fully saturated rings. The van der Waals surface area contributed by atoms with Gasteiger partial charge >= 0.3 is 0 Å². The van der Waals surface area contributed by atoms with Crippen molar-refractivity contribution in [3.63, 3.8) is 0 Å². The highest BCUT2D eigenvalue weighted by atomic mass is 32.2. The van der Waals surface area contributed by atoms with Crippen LogP contribution in [0.15, 0.2) is 41.3 Å². The lowest BCUT2D eigenvalue weighted by Crippen LogP contribution is -2.32. The number of benzene rings is 1. The Morgan fingerprint density at radius 2 is 2.05 bits per heavy atom. The highest BCUT2D eigenvalue weighted by Gasteiger charge is 2.25. The molecule has 1 amide bonds. The normalized spacial score (nSPS) is 21.6. The molecule has 0 radical (unpaired) electrons. The minimum Gasteiger partial charge on any atom is -0.341 e. The van der Waals surface area contributed by atoms with E-state index in [1.54, 1.807) is 16.7 Å². The Bertz CT molecular complexity index is 470. The van der Waals surface area contributed by atoms with Gasteiger partial charge in [-0.2, -0.15) is 0 Å². The van der Waals surface area contributed by atoms with Gasteiger partial charge in [-0.3, -0.25) is 4.79 Å². The number of carbonyl (C=O) groups excluding carboxylic acids is 1. The van der Waals surface area contributed by atoms with Gasteiger partial charge in [-0.1, -0.05) is 24.3 Å². The van der Waals surface area contributed by atoms with Crippen LogP contribution in [0, 0.1) is 5.92 Å². The predicted molar refractivity (Wildman–Crippen MR) is 79.9 cm³/mol. The van der Waals surface area contributed by atoms with Crippen molar-refractivity contribution in [1.29, 1.82) is 0 Å². The van der Waals surface area contributed by atoms with Crippen LogP contribution in [-0.4, -0.2) is 30.2 Å². The maximum atomic E-state index is 12.2. The molecule has 0 heterocycles. The highest BCUT2D eigenvalue weighted by molar-refractivity contribution is 7.98. The SMILES string of the molecule is CSc1ccc(CN(C)C(=O)C2C=CC(N)C2)cc1. The molecular weight excluding hydrogens is 256 g/mol. The van der Waals surface area contributed by atoms with Gasteiger partial charge in [-0.15, -0.1) is 11.8 Å². The second-order valence-corrected chi connectivity index (χ2v) is 5.81. The molecule has 102 valence electrons. The first-order chi connectivity index (χ1) is 9.10. The standard InChI is InChI=1S/C15H20N2OS/c1-17(15(18)12-5-6-13(16)9-12)10-11-3-7-14(19-2)8-4-11/h3-8,12-13H,9-10,16H2,1-2H3. The van der Waals surface area contributed by atoms with E-state index in [0.717, 1.165) is 12.0 Å². The van der Waals surface area contributed by atoms with E-state index in [1.807, 2.05) is 19.2 Å². The summed E-state index contributed by atoms with van der Waals surface area (Å²) in [6, 6.07) is 8.36. The van der Waals surface area contributed by atoms with Crippen LogP contribution in [0.5, 0.6) is 0 Å². The molecular formula is C15H20N2OS. The van der Waals surface area contributed by atoms with E-state index < -0.39 is 0 Å². The lowest BCUT2D eigenvalue weighted by atomic mass is 10.1. The van der Waals surface area contributed by atoms with Crippen LogP contribution in [0.3, 0.4) is 0 Å². The third kappa shape index (κ3) is 3.61. The van der Waals surface area contributed by atoms with Gasteiger partial charge in [-0.05, 0) is 30.4 Å². The molecule has 2 unspecified atom stereocenters. The molecule has 1 aliphatic carbocycles. The molecule has 2 rings (SSSR count). The Kier molecular flexibility index (Phi) is 4.66. The van der Waals surface area contributed by atoms with E-state index in [9.17, 15) is 4.79 Å². The van der Waals surface area contributed by atoms with Gasteiger partial charge in [0.15, 0.2) is 0 Å². The van der Waals surface area contributed by atoms with E-state index in [4.69, 9.17) is 5.73 Å². The highest BCUT2D eigenvalue weighted by Crippen LogP contribution is 2.20. The summed E-state index contributed by atoms with van der Waals surface area (Å²) in [7, 11) is 1.85. The van der Waals surface area contributed by atoms with Crippen molar-refractivity contribution in [3.05, 3.63) is 42.0 Å². The predicted octanol–water partition coefficient (Wildman–Crippen LogP) is 2.27. The zero-order valence-electron chi connectivity index (χ0n) is 11.4. The Balaban J connectivity index is 1.94. The van der Waals surface area contributed by atoms with Gasteiger partial charge < -0.3 is 10.6 Å². The Hall–Kier alpha value is -1.26. The minimum atomic E-state index is -0.0505. The van der Waals surface area contributed by atoms with Crippen LogP contribution < -0.4 is 5.73 Å². The van der Waals surface area contributed by atoms with Crippen molar-refractivity contribution in [2.75, 3.05) is 13.3 Å². The first kappa shape index (κ1) is 14.2. The Morgan fingerprint density at radius 1 is 1.37 bits per heavy atom. The van der Waals surface area contributed by atoms with Gasteiger partial charge in [0.1, 0.15) is 0 Å². The summed E-state index contributed by atoms with van der Waals surface area (Å²) >= 11 is 1.72. The summed E-state index contributed by atoms with van der Waals surface area (Å²) in [5.41, 5.74) is 6.94. The number of thioether (sulfide) groups is 1. The molecule has 2 atom stereocenters. The third-order valence-corrected chi connectivity index (χ3v) is 4.13. The van der Waals surface area contributed by atoms with Crippen LogP contribution in [0.1, 0.15) is 12.0 Å². The van der Waals surface area contributed by atoms with Crippen LogP contribution >= 0.6 is 11.8 Å². The van der Waals surface area contributed by atoms with E-state index >= 15 is 0 Å². The summed E-state index contributed by atoms with van der Waals surface area (Å²) in [4.78, 5) is 15.3. The Labute approximate surface area is 118 Å². The quantitative estimate of drug-likeness (QED) is 0.678. The van der Waals surface area contributed by atoms with E-state index in [0.29, 0.717) is 6.54 Å². The van der Waals surface area contributed by atoms with E-state index in [2.05, 4.69) is 30.5 Å². The molecule has 1 aromatic rings. The van der Waals surface area contributed by atoms with E-state index in [-0.39, 0.29) is 17.9 Å². The molecule has 0 spiro atoms. The first-order valence-corrected chi connectivity index (χ1v) is 7.64. The van der Waals surface area contributed by atoms with Crippen molar-refractivity contribution < 1.29 is 4.79 Å². The lowest BCUT2D eigenvalue weighted by molar-refractivity contribution is -0.133. The second kappa shape index (κ2) is 6.26. The number of nitrogens with zero attached hydrogens (tertiary/aromatic N) is 1. The van der Waals surface area contributed by atoms with Crippen LogP contribution in [0.4, 0.5) is 0 Å². The number of hydrogen-bond acceptors (Lipinski definition) is 3. The number of rotatable bonds is 4. The van der Waals surface area contributed by atoms with Crippen LogP contribution in [-0.2, 0) is 11.3 Å². The average Bonchev–Trinajstić information content (AvgIpc) is 2.85. The van der Waals surface area contributed by atoms with Crippen molar-refractivity contribution in [3.8, 4) is 0 Å². The molecule has 19 heavy (non-hydrogen) atoms. The molecule has 0 saturated heterocycles. The zero-order chi connectivity index (χ0) is 13.8. The molecule has 2 N–H and O–H groups in total. The summed E-state index contributed by atoms with van der Waals surface area (Å²) in [6.07, 6.45) is 6.64. The van der Waals surface area contributed by atoms with Gasteiger partial charge in [0.05, 0.1) is 5.92 Å². The van der Waals surface area contributed by atoms with Gasteiger partial charge in [0.2, 0.25) is 5.91 Å². The first-order valence-electron chi connectivity index (χ1n) is 6.42.